The minimum Gasteiger partial charge on any atom is -0.392 e. The molecule has 1 rings (SSSR count). The number of aliphatic hydroxyl groups is 1. The summed E-state index contributed by atoms with van der Waals surface area (Å²) in [4.78, 5) is 2.23. The van der Waals surface area contributed by atoms with Crippen molar-refractivity contribution in [2.45, 2.75) is 51.7 Å². The molecule has 0 spiro atoms. The molecular weight excluding hydrogens is 162 g/mol. The Balaban J connectivity index is 2.26. The maximum atomic E-state index is 9.93. The normalized spacial score (nSPS) is 21.7. The zero-order chi connectivity index (χ0) is 9.84. The molecule has 0 aliphatic heterocycles. The van der Waals surface area contributed by atoms with Gasteiger partial charge in [-0.2, -0.15) is 0 Å². The van der Waals surface area contributed by atoms with E-state index in [4.69, 9.17) is 0 Å². The number of hydrogen-bond acceptors (Lipinski definition) is 2. The van der Waals surface area contributed by atoms with Gasteiger partial charge in [-0.05, 0) is 39.7 Å². The third-order valence-corrected chi connectivity index (χ3v) is 3.30. The summed E-state index contributed by atoms with van der Waals surface area (Å²) in [6.45, 7) is 5.17. The highest BCUT2D eigenvalue weighted by Gasteiger charge is 2.24. The molecule has 2 heteroatoms. The third-order valence-electron chi connectivity index (χ3n) is 3.30. The molecule has 0 aromatic heterocycles. The largest absolute Gasteiger partial charge is 0.392 e. The summed E-state index contributed by atoms with van der Waals surface area (Å²) < 4.78 is 0. The molecule has 13 heavy (non-hydrogen) atoms. The first-order chi connectivity index (χ1) is 6.11. The van der Waals surface area contributed by atoms with Gasteiger partial charge in [0, 0.05) is 12.6 Å². The standard InChI is InChI=1S/C11H23NO/c1-9(2)12(3)8-11(13)10-6-4-5-7-10/h9-11,13H,4-8H2,1-3H3. The number of aliphatic hydroxyl groups excluding tert-OH is 1. The van der Waals surface area contributed by atoms with Crippen LogP contribution in [0.15, 0.2) is 0 Å². The van der Waals surface area contributed by atoms with Gasteiger partial charge >= 0.3 is 0 Å². The second-order valence-electron chi connectivity index (χ2n) is 4.65. The van der Waals surface area contributed by atoms with Gasteiger partial charge in [0.15, 0.2) is 0 Å². The van der Waals surface area contributed by atoms with Crippen molar-refractivity contribution in [1.29, 1.82) is 0 Å². The van der Waals surface area contributed by atoms with Crippen LogP contribution in [0.4, 0.5) is 0 Å². The molecule has 0 heterocycles. The van der Waals surface area contributed by atoms with Crippen molar-refractivity contribution in [3.63, 3.8) is 0 Å². The van der Waals surface area contributed by atoms with Crippen LogP contribution in [-0.2, 0) is 0 Å². The predicted molar refractivity (Wildman–Crippen MR) is 55.7 cm³/mol. The molecule has 78 valence electrons. The van der Waals surface area contributed by atoms with Crippen molar-refractivity contribution in [3.8, 4) is 0 Å². The van der Waals surface area contributed by atoms with Crippen molar-refractivity contribution in [3.05, 3.63) is 0 Å². The topological polar surface area (TPSA) is 23.5 Å². The fourth-order valence-electron chi connectivity index (χ4n) is 2.00. The molecular formula is C11H23NO. The molecule has 1 aliphatic carbocycles. The second-order valence-corrected chi connectivity index (χ2v) is 4.65. The van der Waals surface area contributed by atoms with Crippen LogP contribution in [0, 0.1) is 5.92 Å². The van der Waals surface area contributed by atoms with Crippen LogP contribution in [0.25, 0.3) is 0 Å². The molecule has 1 N–H and O–H groups in total. The highest BCUT2D eigenvalue weighted by molar-refractivity contribution is 4.77. The molecule has 1 atom stereocenters. The van der Waals surface area contributed by atoms with Gasteiger partial charge < -0.3 is 10.0 Å². The van der Waals surface area contributed by atoms with Gasteiger partial charge in [0.2, 0.25) is 0 Å². The quantitative estimate of drug-likeness (QED) is 0.723. The molecule has 1 aliphatic rings. The van der Waals surface area contributed by atoms with E-state index in [0.717, 1.165) is 6.54 Å². The molecule has 1 saturated carbocycles. The number of hydrogen-bond donors (Lipinski definition) is 1. The van der Waals surface area contributed by atoms with Gasteiger partial charge in [0.25, 0.3) is 0 Å². The molecule has 0 saturated heterocycles. The maximum Gasteiger partial charge on any atom is 0.0695 e. The van der Waals surface area contributed by atoms with Crippen molar-refractivity contribution in [2.24, 2.45) is 5.92 Å². The maximum absolute atomic E-state index is 9.93. The van der Waals surface area contributed by atoms with Gasteiger partial charge in [-0.25, -0.2) is 0 Å². The average Bonchev–Trinajstić information content (AvgIpc) is 2.55. The van der Waals surface area contributed by atoms with Gasteiger partial charge in [0.1, 0.15) is 0 Å². The van der Waals surface area contributed by atoms with Gasteiger partial charge in [0.05, 0.1) is 6.10 Å². The molecule has 1 unspecified atom stereocenters. The Kier molecular flexibility index (Phi) is 4.20. The summed E-state index contributed by atoms with van der Waals surface area (Å²) in [5.74, 6) is 0.571. The van der Waals surface area contributed by atoms with E-state index in [9.17, 15) is 5.11 Å². The van der Waals surface area contributed by atoms with E-state index in [1.54, 1.807) is 0 Å². The van der Waals surface area contributed by atoms with E-state index in [-0.39, 0.29) is 6.10 Å². The smallest absolute Gasteiger partial charge is 0.0695 e. The van der Waals surface area contributed by atoms with Gasteiger partial charge in [-0.15, -0.1) is 0 Å². The summed E-state index contributed by atoms with van der Waals surface area (Å²) in [5.41, 5.74) is 0. The van der Waals surface area contributed by atoms with Crippen LogP contribution in [0.3, 0.4) is 0 Å². The number of likely N-dealkylation sites (N-methyl/N-ethyl adjacent to an activating group) is 1. The highest BCUT2D eigenvalue weighted by atomic mass is 16.3. The van der Waals surface area contributed by atoms with Crippen molar-refractivity contribution >= 4 is 0 Å². The average molecular weight is 185 g/mol. The van der Waals surface area contributed by atoms with Crippen LogP contribution in [0.2, 0.25) is 0 Å². The highest BCUT2D eigenvalue weighted by Crippen LogP contribution is 2.27. The predicted octanol–water partition coefficient (Wildman–Crippen LogP) is 1.88. The first kappa shape index (κ1) is 11.0. The zero-order valence-electron chi connectivity index (χ0n) is 9.16. The lowest BCUT2D eigenvalue weighted by Crippen LogP contribution is -2.37. The Morgan fingerprint density at radius 1 is 1.31 bits per heavy atom. The van der Waals surface area contributed by atoms with Crippen LogP contribution in [0.5, 0.6) is 0 Å². The van der Waals surface area contributed by atoms with Gasteiger partial charge in [-0.3, -0.25) is 0 Å². The van der Waals surface area contributed by atoms with Crippen LogP contribution < -0.4 is 0 Å². The molecule has 2 nitrogen and oxygen atoms in total. The number of nitrogens with zero attached hydrogens (tertiary/aromatic N) is 1. The van der Waals surface area contributed by atoms with E-state index < -0.39 is 0 Å². The van der Waals surface area contributed by atoms with Crippen LogP contribution in [-0.4, -0.2) is 35.7 Å². The Hall–Kier alpha value is -0.0800. The SMILES string of the molecule is CC(C)N(C)CC(O)C1CCCC1. The van der Waals surface area contributed by atoms with Crippen LogP contribution >= 0.6 is 0 Å². The molecule has 0 aromatic rings. The fraction of sp³-hybridized carbons (Fsp3) is 1.00. The Morgan fingerprint density at radius 3 is 2.31 bits per heavy atom. The van der Waals surface area contributed by atoms with Crippen molar-refractivity contribution < 1.29 is 5.11 Å². The minimum absolute atomic E-state index is 0.102. The lowest BCUT2D eigenvalue weighted by atomic mass is 10.0. The monoisotopic (exact) mass is 185 g/mol. The Morgan fingerprint density at radius 2 is 1.85 bits per heavy atom. The van der Waals surface area contributed by atoms with Gasteiger partial charge in [-0.1, -0.05) is 12.8 Å². The van der Waals surface area contributed by atoms with E-state index >= 15 is 0 Å². The van der Waals surface area contributed by atoms with Crippen molar-refractivity contribution in [2.75, 3.05) is 13.6 Å². The first-order valence-corrected chi connectivity index (χ1v) is 5.49. The third kappa shape index (κ3) is 3.28. The lowest BCUT2D eigenvalue weighted by Gasteiger charge is -2.27. The summed E-state index contributed by atoms with van der Waals surface area (Å²) >= 11 is 0. The summed E-state index contributed by atoms with van der Waals surface area (Å²) in [5, 5.41) is 9.93. The summed E-state index contributed by atoms with van der Waals surface area (Å²) in [6, 6.07) is 0.538. The fourth-order valence-corrected chi connectivity index (χ4v) is 2.00. The Labute approximate surface area is 81.9 Å². The van der Waals surface area contributed by atoms with E-state index in [1.807, 2.05) is 0 Å². The van der Waals surface area contributed by atoms with E-state index in [0.29, 0.717) is 12.0 Å². The minimum atomic E-state index is -0.102. The van der Waals surface area contributed by atoms with E-state index in [1.165, 1.54) is 25.7 Å². The molecule has 0 amide bonds. The molecule has 0 aromatic carbocycles. The van der Waals surface area contributed by atoms with Crippen molar-refractivity contribution in [1.82, 2.24) is 4.90 Å². The molecule has 0 radical (unpaired) electrons. The van der Waals surface area contributed by atoms with Crippen LogP contribution in [0.1, 0.15) is 39.5 Å². The zero-order valence-corrected chi connectivity index (χ0v) is 9.16. The molecule has 1 fully saturated rings. The first-order valence-electron chi connectivity index (χ1n) is 5.49. The second kappa shape index (κ2) is 4.97. The van der Waals surface area contributed by atoms with E-state index in [2.05, 4.69) is 25.8 Å². The molecule has 0 bridgehead atoms. The number of rotatable bonds is 4. The lowest BCUT2D eigenvalue weighted by molar-refractivity contribution is 0.0652. The summed E-state index contributed by atoms with van der Waals surface area (Å²) in [6.07, 6.45) is 4.98. The Bertz CT molecular complexity index is 141. The summed E-state index contributed by atoms with van der Waals surface area (Å²) in [7, 11) is 2.09.